The van der Waals surface area contributed by atoms with E-state index >= 15 is 0 Å². The Labute approximate surface area is 114 Å². The molecule has 0 saturated carbocycles. The maximum Gasteiger partial charge on any atom is 0.445 e. The SMILES string of the molecule is O=S(=O)(Cl)C(F)(F)C(F)(F)C(F)(C(F)(F)F)S(=O)(=O)Cl. The Hall–Kier alpha value is -0.0800. The monoisotopic (exact) mass is 398 g/mol. The average molecular weight is 399 g/mol. The average Bonchev–Trinajstić information content (AvgIpc) is 2.10. The van der Waals surface area contributed by atoms with Crippen molar-refractivity contribution in [1.29, 1.82) is 0 Å². The smallest absolute Gasteiger partial charge is 0.208 e. The molecule has 0 aliphatic heterocycles. The van der Waals surface area contributed by atoms with Gasteiger partial charge in [-0.15, -0.1) is 0 Å². The molecule has 1 atom stereocenters. The Morgan fingerprint density at radius 2 is 0.950 bits per heavy atom. The summed E-state index contributed by atoms with van der Waals surface area (Å²) in [6.07, 6.45) is -7.19. The molecule has 0 fully saturated rings. The molecule has 0 radical (unpaired) electrons. The van der Waals surface area contributed by atoms with Crippen molar-refractivity contribution in [3.63, 3.8) is 0 Å². The first-order valence-corrected chi connectivity index (χ1v) is 8.26. The Bertz CT molecular complexity index is 594. The van der Waals surface area contributed by atoms with Gasteiger partial charge >= 0.3 is 31.4 Å². The maximum absolute atomic E-state index is 13.2. The van der Waals surface area contributed by atoms with Gasteiger partial charge in [-0.3, -0.25) is 0 Å². The zero-order chi connectivity index (χ0) is 17.0. The van der Waals surface area contributed by atoms with Gasteiger partial charge in [0.2, 0.25) is 0 Å². The number of hydrogen-bond donors (Lipinski definition) is 0. The van der Waals surface area contributed by atoms with E-state index in [1.807, 2.05) is 0 Å². The summed E-state index contributed by atoms with van der Waals surface area (Å²) >= 11 is 0. The standard InChI is InChI=1S/C4Cl2F8O4S2/c5-19(15,16)2(9,3(10,11)12)1(7,8)4(13,14)20(6,17)18. The van der Waals surface area contributed by atoms with Gasteiger partial charge in [-0.25, -0.2) is 21.2 Å². The second-order valence-electron chi connectivity index (χ2n) is 3.06. The first-order chi connectivity index (χ1) is 8.25. The summed E-state index contributed by atoms with van der Waals surface area (Å²) in [5.74, 6) is -7.36. The first-order valence-electron chi connectivity index (χ1n) is 3.65. The Morgan fingerprint density at radius 1 is 0.650 bits per heavy atom. The van der Waals surface area contributed by atoms with Crippen molar-refractivity contribution < 1.29 is 52.0 Å². The molecule has 1 unspecified atom stereocenters. The molecule has 16 heteroatoms. The van der Waals surface area contributed by atoms with Gasteiger partial charge in [0.25, 0.3) is 9.05 Å². The number of alkyl halides is 8. The zero-order valence-electron chi connectivity index (χ0n) is 8.23. The molecule has 0 amide bonds. The van der Waals surface area contributed by atoms with Gasteiger partial charge in [-0.1, -0.05) is 0 Å². The molecule has 20 heavy (non-hydrogen) atoms. The molecular formula is C4Cl2F8O4S2. The fraction of sp³-hybridized carbons (Fsp3) is 1.00. The van der Waals surface area contributed by atoms with Crippen LogP contribution in [0, 0.1) is 0 Å². The van der Waals surface area contributed by atoms with Crippen molar-refractivity contribution in [1.82, 2.24) is 0 Å². The molecule has 0 saturated heterocycles. The summed E-state index contributed by atoms with van der Waals surface area (Å²) in [6, 6.07) is 0. The summed E-state index contributed by atoms with van der Waals surface area (Å²) in [5, 5.41) is -14.0. The molecule has 0 aromatic rings. The zero-order valence-corrected chi connectivity index (χ0v) is 11.4. The third kappa shape index (κ3) is 2.54. The molecule has 0 heterocycles. The number of hydrogen-bond acceptors (Lipinski definition) is 4. The first kappa shape index (κ1) is 19.9. The van der Waals surface area contributed by atoms with Crippen LogP contribution in [0.3, 0.4) is 0 Å². The lowest BCUT2D eigenvalue weighted by molar-refractivity contribution is -0.301. The van der Waals surface area contributed by atoms with E-state index in [2.05, 4.69) is 21.4 Å². The van der Waals surface area contributed by atoms with Crippen LogP contribution >= 0.6 is 21.4 Å². The maximum atomic E-state index is 13.2. The molecule has 0 rings (SSSR count). The lowest BCUT2D eigenvalue weighted by atomic mass is 10.2. The van der Waals surface area contributed by atoms with Gasteiger partial charge in [0.15, 0.2) is 0 Å². The summed E-state index contributed by atoms with van der Waals surface area (Å²) < 4.78 is 142. The van der Waals surface area contributed by atoms with Crippen LogP contribution in [0.4, 0.5) is 35.1 Å². The van der Waals surface area contributed by atoms with Gasteiger partial charge in [-0.05, 0) is 0 Å². The molecule has 0 N–H and O–H groups in total. The van der Waals surface area contributed by atoms with E-state index in [0.717, 1.165) is 0 Å². The molecule has 0 aromatic heterocycles. The summed E-state index contributed by atoms with van der Waals surface area (Å²) in [6.45, 7) is 0. The Kier molecular flexibility index (Phi) is 4.69. The third-order valence-electron chi connectivity index (χ3n) is 1.78. The van der Waals surface area contributed by atoms with Crippen LogP contribution in [-0.2, 0) is 18.1 Å². The van der Waals surface area contributed by atoms with E-state index in [1.165, 1.54) is 0 Å². The number of halogens is 10. The van der Waals surface area contributed by atoms with Crippen LogP contribution in [0.5, 0.6) is 0 Å². The predicted octanol–water partition coefficient (Wildman–Crippen LogP) is 2.58. The van der Waals surface area contributed by atoms with Gasteiger partial charge in [-0.2, -0.15) is 30.7 Å². The highest BCUT2D eigenvalue weighted by atomic mass is 35.7. The number of rotatable bonds is 4. The Morgan fingerprint density at radius 3 is 1.10 bits per heavy atom. The van der Waals surface area contributed by atoms with Crippen LogP contribution in [0.2, 0.25) is 0 Å². The van der Waals surface area contributed by atoms with Gasteiger partial charge in [0.05, 0.1) is 0 Å². The molecule has 4 nitrogen and oxygen atoms in total. The molecular weight excluding hydrogens is 399 g/mol. The molecule has 0 bridgehead atoms. The quantitative estimate of drug-likeness (QED) is 0.539. The van der Waals surface area contributed by atoms with Crippen LogP contribution in [-0.4, -0.2) is 39.2 Å². The molecule has 0 aliphatic carbocycles. The summed E-state index contributed by atoms with van der Waals surface area (Å²) in [5.41, 5.74) is 0. The normalized spacial score (nSPS) is 18.7. The van der Waals surface area contributed by atoms with Crippen LogP contribution in [0.15, 0.2) is 0 Å². The fourth-order valence-corrected chi connectivity index (χ4v) is 2.88. The van der Waals surface area contributed by atoms with Crippen LogP contribution < -0.4 is 0 Å². The summed E-state index contributed by atoms with van der Waals surface area (Å²) in [4.78, 5) is 0. The molecule has 0 spiro atoms. The lowest BCUT2D eigenvalue weighted by Crippen LogP contribution is -2.67. The van der Waals surface area contributed by atoms with E-state index in [4.69, 9.17) is 0 Å². The van der Waals surface area contributed by atoms with E-state index in [-0.39, 0.29) is 0 Å². The van der Waals surface area contributed by atoms with E-state index in [0.29, 0.717) is 0 Å². The van der Waals surface area contributed by atoms with E-state index < -0.39 is 40.5 Å². The van der Waals surface area contributed by atoms with Crippen molar-refractivity contribution in [2.75, 3.05) is 0 Å². The van der Waals surface area contributed by atoms with Crippen molar-refractivity contribution in [2.45, 2.75) is 22.4 Å². The van der Waals surface area contributed by atoms with Crippen molar-refractivity contribution in [3.8, 4) is 0 Å². The topological polar surface area (TPSA) is 68.3 Å². The largest absolute Gasteiger partial charge is 0.445 e. The molecule has 0 aliphatic rings. The predicted molar refractivity (Wildman–Crippen MR) is 49.3 cm³/mol. The van der Waals surface area contributed by atoms with Crippen molar-refractivity contribution in [3.05, 3.63) is 0 Å². The van der Waals surface area contributed by atoms with E-state index in [9.17, 15) is 52.0 Å². The van der Waals surface area contributed by atoms with Crippen LogP contribution in [0.1, 0.15) is 0 Å². The minimum Gasteiger partial charge on any atom is -0.208 e. The Balaban J connectivity index is 6.70. The summed E-state index contributed by atoms with van der Waals surface area (Å²) in [7, 11) is -6.36. The lowest BCUT2D eigenvalue weighted by Gasteiger charge is -2.34. The third-order valence-corrected chi connectivity index (χ3v) is 5.02. The van der Waals surface area contributed by atoms with Crippen LogP contribution in [0.25, 0.3) is 0 Å². The van der Waals surface area contributed by atoms with Crippen molar-refractivity contribution in [2.24, 2.45) is 0 Å². The molecule has 0 aromatic carbocycles. The highest BCUT2D eigenvalue weighted by molar-refractivity contribution is 8.15. The van der Waals surface area contributed by atoms with Crippen molar-refractivity contribution >= 4 is 39.5 Å². The second-order valence-corrected chi connectivity index (χ2v) is 8.32. The molecule has 122 valence electrons. The highest BCUT2D eigenvalue weighted by Crippen LogP contribution is 2.57. The van der Waals surface area contributed by atoms with E-state index in [1.54, 1.807) is 0 Å². The van der Waals surface area contributed by atoms with Gasteiger partial charge in [0.1, 0.15) is 0 Å². The minimum atomic E-state index is -7.36. The van der Waals surface area contributed by atoms with Gasteiger partial charge < -0.3 is 0 Å². The highest BCUT2D eigenvalue weighted by Gasteiger charge is 2.88. The minimum absolute atomic E-state index is 3.79. The fourth-order valence-electron chi connectivity index (χ4n) is 0.810. The second kappa shape index (κ2) is 4.71. The van der Waals surface area contributed by atoms with Gasteiger partial charge in [0, 0.05) is 21.4 Å².